The van der Waals surface area contributed by atoms with Crippen molar-refractivity contribution in [3.8, 4) is 11.5 Å². The molecule has 0 aliphatic carbocycles. The van der Waals surface area contributed by atoms with Crippen molar-refractivity contribution in [1.29, 1.82) is 0 Å². The van der Waals surface area contributed by atoms with Crippen molar-refractivity contribution in [3.63, 3.8) is 0 Å². The molecule has 3 heteroatoms. The molecule has 20 heavy (non-hydrogen) atoms. The summed E-state index contributed by atoms with van der Waals surface area (Å²) < 4.78 is 10.5. The number of aryl methyl sites for hydroxylation is 1. The van der Waals surface area contributed by atoms with Gasteiger partial charge in [-0.2, -0.15) is 0 Å². The lowest BCUT2D eigenvalue weighted by Crippen LogP contribution is -2.05. The van der Waals surface area contributed by atoms with Gasteiger partial charge in [-0.3, -0.25) is 4.79 Å². The van der Waals surface area contributed by atoms with E-state index in [1.807, 2.05) is 24.3 Å². The average Bonchev–Trinajstić information content (AvgIpc) is 2.53. The third-order valence-electron chi connectivity index (χ3n) is 3.27. The number of carbonyl (C=O) groups is 1. The summed E-state index contributed by atoms with van der Waals surface area (Å²) in [6, 6.07) is 12.9. The molecule has 0 radical (unpaired) electrons. The van der Waals surface area contributed by atoms with Gasteiger partial charge in [-0.05, 0) is 24.1 Å². The molecule has 2 rings (SSSR count). The number of hydrogen-bond acceptors (Lipinski definition) is 3. The van der Waals surface area contributed by atoms with Crippen molar-refractivity contribution >= 4 is 5.78 Å². The smallest absolute Gasteiger partial charge is 0.196 e. The summed E-state index contributed by atoms with van der Waals surface area (Å²) in [6.07, 6.45) is 0.955. The zero-order chi connectivity index (χ0) is 14.5. The lowest BCUT2D eigenvalue weighted by Gasteiger charge is -2.11. The van der Waals surface area contributed by atoms with Gasteiger partial charge in [-0.15, -0.1) is 0 Å². The second-order valence-corrected chi connectivity index (χ2v) is 4.42. The van der Waals surface area contributed by atoms with Gasteiger partial charge in [-0.1, -0.05) is 37.3 Å². The molecule has 0 amide bonds. The normalized spacial score (nSPS) is 10.2. The number of para-hydroxylation sites is 1. The summed E-state index contributed by atoms with van der Waals surface area (Å²) in [6.45, 7) is 2.09. The Balaban J connectivity index is 2.42. The summed E-state index contributed by atoms with van der Waals surface area (Å²) in [5, 5.41) is 0. The first-order chi connectivity index (χ1) is 9.71. The lowest BCUT2D eigenvalue weighted by atomic mass is 10.0. The van der Waals surface area contributed by atoms with Crippen molar-refractivity contribution in [2.45, 2.75) is 13.3 Å². The van der Waals surface area contributed by atoms with E-state index in [1.165, 1.54) is 12.7 Å². The van der Waals surface area contributed by atoms with Crippen LogP contribution in [0.2, 0.25) is 0 Å². The van der Waals surface area contributed by atoms with Crippen molar-refractivity contribution in [2.24, 2.45) is 0 Å². The number of hydrogen-bond donors (Lipinski definition) is 0. The highest BCUT2D eigenvalue weighted by Crippen LogP contribution is 2.32. The summed E-state index contributed by atoms with van der Waals surface area (Å²) >= 11 is 0. The van der Waals surface area contributed by atoms with Crippen LogP contribution in [0.5, 0.6) is 11.5 Å². The minimum atomic E-state index is -0.0663. The second-order valence-electron chi connectivity index (χ2n) is 4.42. The first-order valence-corrected chi connectivity index (χ1v) is 6.55. The van der Waals surface area contributed by atoms with E-state index >= 15 is 0 Å². The van der Waals surface area contributed by atoms with E-state index in [9.17, 15) is 4.79 Å². The van der Waals surface area contributed by atoms with Crippen LogP contribution in [0.4, 0.5) is 0 Å². The Morgan fingerprint density at radius 1 is 1.00 bits per heavy atom. The van der Waals surface area contributed by atoms with Crippen LogP contribution in [0, 0.1) is 0 Å². The standard InChI is InChI=1S/C17H18O3/c1-4-12-8-10-13(11-9-12)16(18)14-6-5-7-15(19-2)17(14)20-3/h5-11H,4H2,1-3H3. The minimum absolute atomic E-state index is 0.0663. The molecule has 0 unspecified atom stereocenters. The number of benzene rings is 2. The largest absolute Gasteiger partial charge is 0.493 e. The van der Waals surface area contributed by atoms with E-state index < -0.39 is 0 Å². The molecular formula is C17H18O3. The Morgan fingerprint density at radius 2 is 1.70 bits per heavy atom. The number of ether oxygens (including phenoxy) is 2. The third-order valence-corrected chi connectivity index (χ3v) is 3.27. The van der Waals surface area contributed by atoms with E-state index in [0.717, 1.165) is 6.42 Å². The maximum absolute atomic E-state index is 12.6. The van der Waals surface area contributed by atoms with E-state index in [-0.39, 0.29) is 5.78 Å². The molecule has 0 atom stereocenters. The van der Waals surface area contributed by atoms with Crippen molar-refractivity contribution in [1.82, 2.24) is 0 Å². The number of methoxy groups -OCH3 is 2. The zero-order valence-electron chi connectivity index (χ0n) is 12.0. The van der Waals surface area contributed by atoms with E-state index in [1.54, 1.807) is 25.3 Å². The molecule has 3 nitrogen and oxygen atoms in total. The van der Waals surface area contributed by atoms with Gasteiger partial charge >= 0.3 is 0 Å². The molecule has 0 spiro atoms. The molecule has 0 saturated heterocycles. The number of ketones is 1. The van der Waals surface area contributed by atoms with Crippen LogP contribution in [0.25, 0.3) is 0 Å². The van der Waals surface area contributed by atoms with Crippen molar-refractivity contribution < 1.29 is 14.3 Å². The molecular weight excluding hydrogens is 252 g/mol. The molecule has 0 aliphatic heterocycles. The zero-order valence-corrected chi connectivity index (χ0v) is 12.0. The lowest BCUT2D eigenvalue weighted by molar-refractivity contribution is 0.103. The fourth-order valence-corrected chi connectivity index (χ4v) is 2.11. The van der Waals surface area contributed by atoms with Gasteiger partial charge in [0.25, 0.3) is 0 Å². The van der Waals surface area contributed by atoms with E-state index in [2.05, 4.69) is 6.92 Å². The van der Waals surface area contributed by atoms with Crippen LogP contribution in [-0.4, -0.2) is 20.0 Å². The summed E-state index contributed by atoms with van der Waals surface area (Å²) in [5.41, 5.74) is 2.36. The third kappa shape index (κ3) is 2.67. The first-order valence-electron chi connectivity index (χ1n) is 6.55. The molecule has 2 aromatic carbocycles. The quantitative estimate of drug-likeness (QED) is 0.780. The van der Waals surface area contributed by atoms with Crippen molar-refractivity contribution in [3.05, 3.63) is 59.2 Å². The molecule has 0 saturated carbocycles. The SMILES string of the molecule is CCc1ccc(C(=O)c2cccc(OC)c2OC)cc1. The molecule has 0 bridgehead atoms. The summed E-state index contributed by atoms with van der Waals surface area (Å²) in [5.74, 6) is 0.964. The van der Waals surface area contributed by atoms with Crippen LogP contribution in [0.3, 0.4) is 0 Å². The van der Waals surface area contributed by atoms with Gasteiger partial charge in [0.15, 0.2) is 17.3 Å². The predicted octanol–water partition coefficient (Wildman–Crippen LogP) is 3.50. The molecule has 0 N–H and O–H groups in total. The highest BCUT2D eigenvalue weighted by Gasteiger charge is 2.17. The summed E-state index contributed by atoms with van der Waals surface area (Å²) in [7, 11) is 3.09. The fraction of sp³-hybridized carbons (Fsp3) is 0.235. The highest BCUT2D eigenvalue weighted by molar-refractivity contribution is 6.11. The van der Waals surface area contributed by atoms with Gasteiger partial charge in [0.05, 0.1) is 19.8 Å². The minimum Gasteiger partial charge on any atom is -0.493 e. The van der Waals surface area contributed by atoms with Gasteiger partial charge in [-0.25, -0.2) is 0 Å². The topological polar surface area (TPSA) is 35.5 Å². The molecule has 104 valence electrons. The monoisotopic (exact) mass is 270 g/mol. The van der Waals surface area contributed by atoms with Crippen LogP contribution in [0.15, 0.2) is 42.5 Å². The van der Waals surface area contributed by atoms with Crippen LogP contribution >= 0.6 is 0 Å². The predicted molar refractivity (Wildman–Crippen MR) is 78.8 cm³/mol. The van der Waals surface area contributed by atoms with Gasteiger partial charge in [0.2, 0.25) is 0 Å². The average molecular weight is 270 g/mol. The molecule has 0 heterocycles. The Bertz CT molecular complexity index is 600. The summed E-state index contributed by atoms with van der Waals surface area (Å²) in [4.78, 5) is 12.6. The molecule has 0 aliphatic rings. The Hall–Kier alpha value is -2.29. The van der Waals surface area contributed by atoms with Crippen LogP contribution in [-0.2, 0) is 6.42 Å². The van der Waals surface area contributed by atoms with Crippen molar-refractivity contribution in [2.75, 3.05) is 14.2 Å². The van der Waals surface area contributed by atoms with Crippen LogP contribution in [0.1, 0.15) is 28.4 Å². The Morgan fingerprint density at radius 3 is 2.25 bits per heavy atom. The number of carbonyl (C=O) groups excluding carboxylic acids is 1. The van der Waals surface area contributed by atoms with Gasteiger partial charge in [0, 0.05) is 5.56 Å². The Labute approximate surface area is 119 Å². The maximum atomic E-state index is 12.6. The fourth-order valence-electron chi connectivity index (χ4n) is 2.11. The molecule has 2 aromatic rings. The molecule has 0 fully saturated rings. The van der Waals surface area contributed by atoms with Gasteiger partial charge in [0.1, 0.15) is 0 Å². The first kappa shape index (κ1) is 14.1. The Kier molecular flexibility index (Phi) is 4.41. The molecule has 0 aromatic heterocycles. The van der Waals surface area contributed by atoms with Crippen LogP contribution < -0.4 is 9.47 Å². The maximum Gasteiger partial charge on any atom is 0.196 e. The number of rotatable bonds is 5. The van der Waals surface area contributed by atoms with E-state index in [0.29, 0.717) is 22.6 Å². The van der Waals surface area contributed by atoms with E-state index in [4.69, 9.17) is 9.47 Å². The highest BCUT2D eigenvalue weighted by atomic mass is 16.5. The second kappa shape index (κ2) is 6.24. The van der Waals surface area contributed by atoms with Gasteiger partial charge < -0.3 is 9.47 Å².